The van der Waals surface area contributed by atoms with E-state index in [0.717, 1.165) is 17.5 Å². The Morgan fingerprint density at radius 2 is 2.23 bits per heavy atom. The van der Waals surface area contributed by atoms with E-state index in [0.29, 0.717) is 12.0 Å². The van der Waals surface area contributed by atoms with Gasteiger partial charge in [0.15, 0.2) is 0 Å². The third-order valence-electron chi connectivity index (χ3n) is 2.38. The van der Waals surface area contributed by atoms with E-state index in [2.05, 4.69) is 0 Å². The molecule has 0 N–H and O–H groups in total. The highest BCUT2D eigenvalue weighted by molar-refractivity contribution is 6.03. The van der Waals surface area contributed by atoms with Gasteiger partial charge in [0.2, 0.25) is 5.91 Å². The van der Waals surface area contributed by atoms with Gasteiger partial charge in [0.1, 0.15) is 6.29 Å². The molecule has 1 aliphatic heterocycles. The number of likely N-dealkylation sites (N-methyl/N-ethyl adjacent to an activating group) is 1. The van der Waals surface area contributed by atoms with E-state index in [1.54, 1.807) is 24.1 Å². The molecule has 0 unspecified atom stereocenters. The molecule has 0 radical (unpaired) electrons. The average Bonchev–Trinajstić information content (AvgIpc) is 2.43. The zero-order valence-corrected chi connectivity index (χ0v) is 7.28. The largest absolute Gasteiger partial charge is 0.315 e. The van der Waals surface area contributed by atoms with Gasteiger partial charge in [0, 0.05) is 18.3 Å². The van der Waals surface area contributed by atoms with Crippen molar-refractivity contribution in [2.75, 3.05) is 11.9 Å². The lowest BCUT2D eigenvalue weighted by atomic mass is 10.1. The van der Waals surface area contributed by atoms with Gasteiger partial charge in [-0.15, -0.1) is 0 Å². The van der Waals surface area contributed by atoms with E-state index < -0.39 is 0 Å². The molecule has 1 amide bonds. The summed E-state index contributed by atoms with van der Waals surface area (Å²) in [6, 6.07) is 5.38. The lowest BCUT2D eigenvalue weighted by Crippen LogP contribution is -2.20. The Kier molecular flexibility index (Phi) is 1.65. The van der Waals surface area contributed by atoms with Gasteiger partial charge in [-0.1, -0.05) is 12.1 Å². The van der Waals surface area contributed by atoms with Gasteiger partial charge < -0.3 is 4.90 Å². The Balaban J connectivity index is 2.61. The van der Waals surface area contributed by atoms with Crippen molar-refractivity contribution < 1.29 is 9.59 Å². The van der Waals surface area contributed by atoms with Crippen LogP contribution in [0.15, 0.2) is 18.2 Å². The fraction of sp³-hybridized carbons (Fsp3) is 0.200. The van der Waals surface area contributed by atoms with Gasteiger partial charge in [0.05, 0.1) is 6.42 Å². The van der Waals surface area contributed by atoms with Gasteiger partial charge in [-0.05, 0) is 11.6 Å². The van der Waals surface area contributed by atoms with Gasteiger partial charge in [-0.25, -0.2) is 0 Å². The molecular formula is C10H9NO2. The molecule has 0 fully saturated rings. The van der Waals surface area contributed by atoms with Crippen molar-refractivity contribution in [2.24, 2.45) is 0 Å². The van der Waals surface area contributed by atoms with Gasteiger partial charge >= 0.3 is 0 Å². The van der Waals surface area contributed by atoms with Crippen molar-refractivity contribution in [1.82, 2.24) is 0 Å². The van der Waals surface area contributed by atoms with Crippen molar-refractivity contribution in [3.63, 3.8) is 0 Å². The van der Waals surface area contributed by atoms with Crippen molar-refractivity contribution in [3.8, 4) is 0 Å². The maximum absolute atomic E-state index is 11.3. The van der Waals surface area contributed by atoms with Crippen molar-refractivity contribution in [1.29, 1.82) is 0 Å². The van der Waals surface area contributed by atoms with Crippen LogP contribution in [0.5, 0.6) is 0 Å². The second-order valence-electron chi connectivity index (χ2n) is 3.09. The highest BCUT2D eigenvalue weighted by atomic mass is 16.2. The molecule has 3 nitrogen and oxygen atoms in total. The Labute approximate surface area is 76.0 Å². The smallest absolute Gasteiger partial charge is 0.231 e. The molecule has 0 atom stereocenters. The Bertz CT molecular complexity index is 385. The number of hydrogen-bond donors (Lipinski definition) is 0. The Morgan fingerprint density at radius 1 is 1.46 bits per heavy atom. The van der Waals surface area contributed by atoms with E-state index in [1.165, 1.54) is 0 Å². The maximum atomic E-state index is 11.3. The molecule has 0 bridgehead atoms. The van der Waals surface area contributed by atoms with Crippen molar-refractivity contribution in [3.05, 3.63) is 29.3 Å². The lowest BCUT2D eigenvalue weighted by molar-refractivity contribution is -0.117. The number of carbonyl (C=O) groups excluding carboxylic acids is 2. The SMILES string of the molecule is CN1C(=O)Cc2c(C=O)cccc21. The number of benzene rings is 1. The molecule has 2 rings (SSSR count). The first kappa shape index (κ1) is 7.98. The second-order valence-corrected chi connectivity index (χ2v) is 3.09. The number of aldehydes is 1. The molecule has 1 aliphatic rings. The molecule has 0 aromatic heterocycles. The average molecular weight is 175 g/mol. The zero-order chi connectivity index (χ0) is 9.42. The number of nitrogens with zero attached hydrogens (tertiary/aromatic N) is 1. The fourth-order valence-electron chi connectivity index (χ4n) is 1.61. The van der Waals surface area contributed by atoms with Crippen LogP contribution in [0.25, 0.3) is 0 Å². The summed E-state index contributed by atoms with van der Waals surface area (Å²) >= 11 is 0. The molecule has 0 spiro atoms. The van der Waals surface area contributed by atoms with Crippen LogP contribution in [0.1, 0.15) is 15.9 Å². The molecule has 1 aromatic carbocycles. The minimum atomic E-state index is 0.0456. The highest BCUT2D eigenvalue weighted by Crippen LogP contribution is 2.29. The van der Waals surface area contributed by atoms with Crippen LogP contribution in [0.4, 0.5) is 5.69 Å². The quantitative estimate of drug-likeness (QED) is 0.597. The predicted molar refractivity (Wildman–Crippen MR) is 48.9 cm³/mol. The molecule has 0 aliphatic carbocycles. The molecule has 0 saturated carbocycles. The van der Waals surface area contributed by atoms with Crippen LogP contribution in [-0.2, 0) is 11.2 Å². The molecule has 1 heterocycles. The van der Waals surface area contributed by atoms with E-state index in [4.69, 9.17) is 0 Å². The third kappa shape index (κ3) is 1.04. The summed E-state index contributed by atoms with van der Waals surface area (Å²) in [5, 5.41) is 0. The standard InChI is InChI=1S/C10H9NO2/c1-11-9-4-2-3-7(6-12)8(9)5-10(11)13/h2-4,6H,5H2,1H3. The van der Waals surface area contributed by atoms with Crippen LogP contribution in [-0.4, -0.2) is 19.2 Å². The summed E-state index contributed by atoms with van der Waals surface area (Å²) < 4.78 is 0. The number of carbonyl (C=O) groups is 2. The van der Waals surface area contributed by atoms with E-state index in [1.807, 2.05) is 6.07 Å². The van der Waals surface area contributed by atoms with Crippen LogP contribution in [0, 0.1) is 0 Å². The van der Waals surface area contributed by atoms with E-state index in [-0.39, 0.29) is 5.91 Å². The van der Waals surface area contributed by atoms with Crippen LogP contribution >= 0.6 is 0 Å². The van der Waals surface area contributed by atoms with Gasteiger partial charge in [-0.3, -0.25) is 9.59 Å². The summed E-state index contributed by atoms with van der Waals surface area (Å²) in [6.07, 6.45) is 1.14. The molecule has 1 aromatic rings. The summed E-state index contributed by atoms with van der Waals surface area (Å²) in [6.45, 7) is 0. The van der Waals surface area contributed by atoms with Crippen LogP contribution < -0.4 is 4.90 Å². The number of rotatable bonds is 1. The van der Waals surface area contributed by atoms with E-state index >= 15 is 0 Å². The van der Waals surface area contributed by atoms with Crippen LogP contribution in [0.2, 0.25) is 0 Å². The molecular weight excluding hydrogens is 166 g/mol. The Morgan fingerprint density at radius 3 is 2.92 bits per heavy atom. The minimum Gasteiger partial charge on any atom is -0.315 e. The van der Waals surface area contributed by atoms with Crippen molar-refractivity contribution in [2.45, 2.75) is 6.42 Å². The van der Waals surface area contributed by atoms with Crippen molar-refractivity contribution >= 4 is 17.9 Å². The number of fused-ring (bicyclic) bond motifs is 1. The fourth-order valence-corrected chi connectivity index (χ4v) is 1.61. The Hall–Kier alpha value is -1.64. The van der Waals surface area contributed by atoms with E-state index in [9.17, 15) is 9.59 Å². The molecule has 0 saturated heterocycles. The summed E-state index contributed by atoms with van der Waals surface area (Å²) in [7, 11) is 1.72. The molecule has 13 heavy (non-hydrogen) atoms. The first-order valence-electron chi connectivity index (χ1n) is 4.07. The first-order chi connectivity index (χ1) is 6.24. The summed E-state index contributed by atoms with van der Waals surface area (Å²) in [5.41, 5.74) is 2.33. The third-order valence-corrected chi connectivity index (χ3v) is 2.38. The zero-order valence-electron chi connectivity index (χ0n) is 7.28. The van der Waals surface area contributed by atoms with Gasteiger partial charge in [-0.2, -0.15) is 0 Å². The van der Waals surface area contributed by atoms with Crippen LogP contribution in [0.3, 0.4) is 0 Å². The number of amides is 1. The first-order valence-corrected chi connectivity index (χ1v) is 4.07. The summed E-state index contributed by atoms with van der Waals surface area (Å²) in [5.74, 6) is 0.0456. The lowest BCUT2D eigenvalue weighted by Gasteiger charge is -2.09. The molecule has 3 heteroatoms. The van der Waals surface area contributed by atoms with Gasteiger partial charge in [0.25, 0.3) is 0 Å². The maximum Gasteiger partial charge on any atom is 0.231 e. The number of anilines is 1. The summed E-state index contributed by atoms with van der Waals surface area (Å²) in [4.78, 5) is 23.5. The minimum absolute atomic E-state index is 0.0456. The molecule has 66 valence electrons. The topological polar surface area (TPSA) is 37.4 Å². The second kappa shape index (κ2) is 2.69. The normalized spacial score (nSPS) is 14.5. The number of hydrogen-bond acceptors (Lipinski definition) is 2. The predicted octanol–water partition coefficient (Wildman–Crippen LogP) is 1.02. The monoisotopic (exact) mass is 175 g/mol. The highest BCUT2D eigenvalue weighted by Gasteiger charge is 2.25.